The summed E-state index contributed by atoms with van der Waals surface area (Å²) in [5, 5.41) is 4.46. The molecule has 0 radical (unpaired) electrons. The van der Waals surface area contributed by atoms with E-state index in [1.807, 2.05) is 24.5 Å². The molecule has 8 nitrogen and oxygen atoms in total. The van der Waals surface area contributed by atoms with E-state index < -0.39 is 0 Å². The molecule has 0 aliphatic carbocycles. The predicted octanol–water partition coefficient (Wildman–Crippen LogP) is 0.860. The largest absolute Gasteiger partial charge is 0.383 e. The van der Waals surface area contributed by atoms with Crippen LogP contribution in [0.15, 0.2) is 35.8 Å². The quantitative estimate of drug-likeness (QED) is 0.696. The molecule has 1 aliphatic heterocycles. The number of rotatable bonds is 8. The molecule has 1 atom stereocenters. The number of hydrogen-bond acceptors (Lipinski definition) is 6. The third kappa shape index (κ3) is 4.70. The fourth-order valence-corrected chi connectivity index (χ4v) is 3.36. The van der Waals surface area contributed by atoms with Crippen LogP contribution >= 0.6 is 0 Å². The molecule has 3 rings (SSSR count). The zero-order valence-corrected chi connectivity index (χ0v) is 15.6. The highest BCUT2D eigenvalue weighted by molar-refractivity contribution is 5.41. The van der Waals surface area contributed by atoms with Gasteiger partial charge in [0.15, 0.2) is 0 Å². The molecule has 8 heteroatoms. The summed E-state index contributed by atoms with van der Waals surface area (Å²) in [4.78, 5) is 21.0. The van der Waals surface area contributed by atoms with Gasteiger partial charge in [-0.25, -0.2) is 9.67 Å². The minimum absolute atomic E-state index is 0.0340. The molecule has 2 aromatic heterocycles. The van der Waals surface area contributed by atoms with Crippen molar-refractivity contribution in [1.29, 1.82) is 0 Å². The van der Waals surface area contributed by atoms with Crippen LogP contribution < -0.4 is 10.5 Å². The normalized spacial score (nSPS) is 18.2. The molecule has 1 aliphatic rings. The topological polar surface area (TPSA) is 68.4 Å². The highest BCUT2D eigenvalue weighted by Gasteiger charge is 2.23. The van der Waals surface area contributed by atoms with Gasteiger partial charge in [-0.15, -0.1) is 0 Å². The Kier molecular flexibility index (Phi) is 6.40. The van der Waals surface area contributed by atoms with Gasteiger partial charge in [-0.1, -0.05) is 0 Å². The Balaban J connectivity index is 1.61. The first-order valence-electron chi connectivity index (χ1n) is 9.14. The number of likely N-dealkylation sites (tertiary alicyclic amines) is 1. The van der Waals surface area contributed by atoms with Crippen molar-refractivity contribution in [2.45, 2.75) is 25.4 Å². The van der Waals surface area contributed by atoms with Crippen LogP contribution in [0.3, 0.4) is 0 Å². The highest BCUT2D eigenvalue weighted by atomic mass is 16.5. The van der Waals surface area contributed by atoms with Gasteiger partial charge in [0.25, 0.3) is 5.56 Å². The van der Waals surface area contributed by atoms with E-state index in [-0.39, 0.29) is 11.6 Å². The van der Waals surface area contributed by atoms with Crippen molar-refractivity contribution in [3.05, 3.63) is 41.3 Å². The minimum atomic E-state index is -0.0340. The Bertz CT molecular complexity index is 730. The van der Waals surface area contributed by atoms with Crippen LogP contribution in [0.2, 0.25) is 0 Å². The van der Waals surface area contributed by atoms with Crippen molar-refractivity contribution in [3.8, 4) is 0 Å². The number of ether oxygens (including phenoxy) is 1. The zero-order chi connectivity index (χ0) is 18.4. The van der Waals surface area contributed by atoms with Crippen molar-refractivity contribution in [3.63, 3.8) is 0 Å². The summed E-state index contributed by atoms with van der Waals surface area (Å²) in [6.45, 7) is 5.15. The number of piperidine rings is 1. The SMILES string of the molecule is COCCN(C)c1cnn([C@@H]2CCCN(CCn3ccnc3)C2)c(=O)c1. The smallest absolute Gasteiger partial charge is 0.269 e. The van der Waals surface area contributed by atoms with Gasteiger partial charge in [0.05, 0.1) is 30.9 Å². The Morgan fingerprint density at radius 1 is 1.38 bits per heavy atom. The monoisotopic (exact) mass is 360 g/mol. The van der Waals surface area contributed by atoms with Gasteiger partial charge in [0.1, 0.15) is 0 Å². The van der Waals surface area contributed by atoms with E-state index in [4.69, 9.17) is 4.74 Å². The van der Waals surface area contributed by atoms with Crippen LogP contribution in [0, 0.1) is 0 Å². The third-order valence-corrected chi connectivity index (χ3v) is 4.94. The first-order chi connectivity index (χ1) is 12.7. The van der Waals surface area contributed by atoms with Crippen molar-refractivity contribution in [2.24, 2.45) is 0 Å². The first kappa shape index (κ1) is 18.6. The average molecular weight is 360 g/mol. The number of methoxy groups -OCH3 is 1. The standard InChI is InChI=1S/C18H28N6O2/c1-21(10-11-26-2)17-12-18(25)24(20-13-17)16-4-3-6-22(14-16)8-9-23-7-5-19-15-23/h5,7,12-13,15-16H,3-4,6,8-11,14H2,1-2H3/t16-/m1/s1. The van der Waals surface area contributed by atoms with Crippen LogP contribution in [0.1, 0.15) is 18.9 Å². The maximum Gasteiger partial charge on any atom is 0.269 e. The fourth-order valence-electron chi connectivity index (χ4n) is 3.36. The van der Waals surface area contributed by atoms with Crippen molar-refractivity contribution < 1.29 is 4.74 Å². The molecule has 0 N–H and O–H groups in total. The lowest BCUT2D eigenvalue weighted by Crippen LogP contribution is -2.41. The molecular formula is C18H28N6O2. The molecule has 2 aromatic rings. The van der Waals surface area contributed by atoms with E-state index in [1.165, 1.54) is 0 Å². The van der Waals surface area contributed by atoms with E-state index in [1.54, 1.807) is 30.3 Å². The molecule has 26 heavy (non-hydrogen) atoms. The summed E-state index contributed by atoms with van der Waals surface area (Å²) in [5.74, 6) is 0. The summed E-state index contributed by atoms with van der Waals surface area (Å²) in [6.07, 6.45) is 9.47. The van der Waals surface area contributed by atoms with E-state index in [0.717, 1.165) is 51.3 Å². The number of imidazole rings is 1. The van der Waals surface area contributed by atoms with Crippen LogP contribution in [0.25, 0.3) is 0 Å². The molecule has 0 spiro atoms. The average Bonchev–Trinajstić information content (AvgIpc) is 3.18. The second-order valence-corrected chi connectivity index (χ2v) is 6.81. The fraction of sp³-hybridized carbons (Fsp3) is 0.611. The number of anilines is 1. The second-order valence-electron chi connectivity index (χ2n) is 6.81. The third-order valence-electron chi connectivity index (χ3n) is 4.94. The van der Waals surface area contributed by atoms with Crippen LogP contribution in [0.4, 0.5) is 5.69 Å². The lowest BCUT2D eigenvalue weighted by atomic mass is 10.1. The van der Waals surface area contributed by atoms with Gasteiger partial charge in [-0.3, -0.25) is 9.69 Å². The predicted molar refractivity (Wildman–Crippen MR) is 101 cm³/mol. The van der Waals surface area contributed by atoms with Crippen molar-refractivity contribution in [1.82, 2.24) is 24.2 Å². The second kappa shape index (κ2) is 8.95. The Labute approximate surface area is 154 Å². The summed E-state index contributed by atoms with van der Waals surface area (Å²) >= 11 is 0. The van der Waals surface area contributed by atoms with Gasteiger partial charge in [0.2, 0.25) is 0 Å². The van der Waals surface area contributed by atoms with E-state index in [9.17, 15) is 4.79 Å². The Hall–Kier alpha value is -2.19. The lowest BCUT2D eigenvalue weighted by molar-refractivity contribution is 0.162. The molecule has 0 aromatic carbocycles. The van der Waals surface area contributed by atoms with Gasteiger partial charge < -0.3 is 14.2 Å². The molecule has 142 valence electrons. The first-order valence-corrected chi connectivity index (χ1v) is 9.14. The van der Waals surface area contributed by atoms with Gasteiger partial charge >= 0.3 is 0 Å². The maximum atomic E-state index is 12.6. The van der Waals surface area contributed by atoms with E-state index in [2.05, 4.69) is 19.5 Å². The van der Waals surface area contributed by atoms with Crippen molar-refractivity contribution in [2.75, 3.05) is 51.8 Å². The number of likely N-dealkylation sites (N-methyl/N-ethyl adjacent to an activating group) is 1. The molecule has 0 bridgehead atoms. The molecule has 0 amide bonds. The Morgan fingerprint density at radius 2 is 2.27 bits per heavy atom. The summed E-state index contributed by atoms with van der Waals surface area (Å²) in [6, 6.07) is 1.81. The van der Waals surface area contributed by atoms with Crippen LogP contribution in [-0.4, -0.2) is 71.2 Å². The van der Waals surface area contributed by atoms with E-state index in [0.29, 0.717) is 6.61 Å². The molecule has 0 saturated carbocycles. The molecule has 0 unspecified atom stereocenters. The summed E-state index contributed by atoms with van der Waals surface area (Å²) < 4.78 is 8.82. The van der Waals surface area contributed by atoms with Gasteiger partial charge in [-0.2, -0.15) is 5.10 Å². The van der Waals surface area contributed by atoms with Crippen LogP contribution in [0.5, 0.6) is 0 Å². The molecule has 1 saturated heterocycles. The number of nitrogens with zero attached hydrogens (tertiary/aromatic N) is 6. The zero-order valence-electron chi connectivity index (χ0n) is 15.6. The Morgan fingerprint density at radius 3 is 3.00 bits per heavy atom. The molecular weight excluding hydrogens is 332 g/mol. The van der Waals surface area contributed by atoms with Gasteiger partial charge in [0, 0.05) is 58.8 Å². The number of hydrogen-bond donors (Lipinski definition) is 0. The summed E-state index contributed by atoms with van der Waals surface area (Å²) in [5.41, 5.74) is 0.796. The van der Waals surface area contributed by atoms with Crippen LogP contribution in [-0.2, 0) is 11.3 Å². The van der Waals surface area contributed by atoms with Gasteiger partial charge in [-0.05, 0) is 19.4 Å². The van der Waals surface area contributed by atoms with E-state index >= 15 is 0 Å². The maximum absolute atomic E-state index is 12.6. The highest BCUT2D eigenvalue weighted by Crippen LogP contribution is 2.20. The van der Waals surface area contributed by atoms with Crippen molar-refractivity contribution >= 4 is 5.69 Å². The minimum Gasteiger partial charge on any atom is -0.383 e. The lowest BCUT2D eigenvalue weighted by Gasteiger charge is -2.33. The molecule has 3 heterocycles. The number of aromatic nitrogens is 4. The molecule has 1 fully saturated rings. The summed E-state index contributed by atoms with van der Waals surface area (Å²) in [7, 11) is 3.62.